The number of hydrogen-bond acceptors (Lipinski definition) is 2. The van der Waals surface area contributed by atoms with Gasteiger partial charge in [0.25, 0.3) is 5.56 Å². The Morgan fingerprint density at radius 3 is 2.86 bits per heavy atom. The third-order valence-electron chi connectivity index (χ3n) is 4.65. The van der Waals surface area contributed by atoms with Crippen molar-refractivity contribution in [1.82, 2.24) is 9.88 Å². The Hall–Kier alpha value is -1.61. The van der Waals surface area contributed by atoms with E-state index in [4.69, 9.17) is 0 Å². The number of nitrogens with one attached hydrogen (secondary N) is 1. The molecule has 1 aromatic carbocycles. The Bertz CT molecular complexity index is 696. The van der Waals surface area contributed by atoms with E-state index in [1.54, 1.807) is 6.07 Å². The second-order valence-corrected chi connectivity index (χ2v) is 6.22. The highest BCUT2D eigenvalue weighted by molar-refractivity contribution is 5.85. The number of aromatic nitrogens is 1. The van der Waals surface area contributed by atoms with Gasteiger partial charge in [0.05, 0.1) is 5.52 Å². The number of nitrogens with zero attached hydrogens (tertiary/aromatic N) is 1. The second kappa shape index (κ2) is 6.02. The lowest BCUT2D eigenvalue weighted by Crippen LogP contribution is -2.35. The number of fused-ring (bicyclic) bond motifs is 1. The van der Waals surface area contributed by atoms with Crippen LogP contribution < -0.4 is 10.9 Å². The van der Waals surface area contributed by atoms with Crippen molar-refractivity contribution in [3.63, 3.8) is 0 Å². The number of benzene rings is 1. The fourth-order valence-electron chi connectivity index (χ4n) is 3.46. The van der Waals surface area contributed by atoms with E-state index in [0.717, 1.165) is 30.6 Å². The molecule has 2 aromatic rings. The topological polar surface area (TPSA) is 34.0 Å². The van der Waals surface area contributed by atoms with Gasteiger partial charge in [0.1, 0.15) is 0 Å². The van der Waals surface area contributed by atoms with E-state index in [9.17, 15) is 4.79 Å². The zero-order valence-corrected chi connectivity index (χ0v) is 13.0. The van der Waals surface area contributed by atoms with Gasteiger partial charge in [-0.2, -0.15) is 0 Å². The van der Waals surface area contributed by atoms with Crippen molar-refractivity contribution < 1.29 is 0 Å². The van der Waals surface area contributed by atoms with Gasteiger partial charge < -0.3 is 9.88 Å². The van der Waals surface area contributed by atoms with Gasteiger partial charge in [-0.05, 0) is 50.8 Å². The van der Waals surface area contributed by atoms with Gasteiger partial charge in [0.2, 0.25) is 0 Å². The van der Waals surface area contributed by atoms with Crippen LogP contribution in [-0.2, 0) is 6.54 Å². The molecule has 1 unspecified atom stereocenters. The lowest BCUT2D eigenvalue weighted by molar-refractivity contribution is 0.367. The van der Waals surface area contributed by atoms with Crippen molar-refractivity contribution in [3.8, 4) is 0 Å². The smallest absolute Gasteiger partial charge is 0.251 e. The monoisotopic (exact) mass is 284 g/mol. The van der Waals surface area contributed by atoms with Gasteiger partial charge >= 0.3 is 0 Å². The van der Waals surface area contributed by atoms with Crippen molar-refractivity contribution in [1.29, 1.82) is 0 Å². The highest BCUT2D eigenvalue weighted by Gasteiger charge is 2.14. The van der Waals surface area contributed by atoms with E-state index >= 15 is 0 Å². The van der Waals surface area contributed by atoms with Crippen LogP contribution in [0, 0.1) is 13.8 Å². The molecule has 112 valence electrons. The fourth-order valence-corrected chi connectivity index (χ4v) is 3.46. The van der Waals surface area contributed by atoms with Gasteiger partial charge in [-0.1, -0.05) is 24.6 Å². The van der Waals surface area contributed by atoms with Gasteiger partial charge in [-0.15, -0.1) is 0 Å². The number of para-hydroxylation sites is 1. The number of piperidine rings is 1. The zero-order valence-electron chi connectivity index (χ0n) is 13.0. The maximum absolute atomic E-state index is 12.4. The minimum Gasteiger partial charge on any atom is -0.314 e. The van der Waals surface area contributed by atoms with Crippen LogP contribution in [0.1, 0.15) is 36.8 Å². The van der Waals surface area contributed by atoms with E-state index in [-0.39, 0.29) is 5.56 Å². The quantitative estimate of drug-likeness (QED) is 0.939. The van der Waals surface area contributed by atoms with Gasteiger partial charge in [-0.3, -0.25) is 4.79 Å². The van der Waals surface area contributed by atoms with Gasteiger partial charge in [0, 0.05) is 24.0 Å². The largest absolute Gasteiger partial charge is 0.314 e. The number of rotatable bonds is 3. The Morgan fingerprint density at radius 2 is 2.10 bits per heavy atom. The van der Waals surface area contributed by atoms with Crippen LogP contribution in [0.4, 0.5) is 0 Å². The fraction of sp³-hybridized carbons (Fsp3) is 0.500. The van der Waals surface area contributed by atoms with E-state index in [0.29, 0.717) is 6.04 Å². The molecule has 3 nitrogen and oxygen atoms in total. The molecule has 0 bridgehead atoms. The Kier molecular flexibility index (Phi) is 4.11. The molecular weight excluding hydrogens is 260 g/mol. The molecule has 1 N–H and O–H groups in total. The first-order chi connectivity index (χ1) is 10.2. The molecule has 0 amide bonds. The summed E-state index contributed by atoms with van der Waals surface area (Å²) < 4.78 is 1.97. The number of pyridine rings is 1. The standard InChI is InChI=1S/C18H24N2O/c1-13-6-5-8-16-14(2)12-17(21)20(18(13)16)11-9-15-7-3-4-10-19-15/h5-6,8,12,15,19H,3-4,7,9-11H2,1-2H3. The average molecular weight is 284 g/mol. The zero-order chi connectivity index (χ0) is 14.8. The molecule has 0 saturated carbocycles. The van der Waals surface area contributed by atoms with Crippen LogP contribution in [-0.4, -0.2) is 17.2 Å². The molecule has 1 aliphatic rings. The summed E-state index contributed by atoms with van der Waals surface area (Å²) in [5.74, 6) is 0. The predicted molar refractivity (Wildman–Crippen MR) is 87.9 cm³/mol. The van der Waals surface area contributed by atoms with Crippen LogP contribution in [0.25, 0.3) is 10.9 Å². The summed E-state index contributed by atoms with van der Waals surface area (Å²) in [6.07, 6.45) is 4.85. The van der Waals surface area contributed by atoms with Crippen LogP contribution >= 0.6 is 0 Å². The normalized spacial score (nSPS) is 19.0. The second-order valence-electron chi connectivity index (χ2n) is 6.22. The molecule has 0 aliphatic carbocycles. The van der Waals surface area contributed by atoms with E-state index < -0.39 is 0 Å². The molecule has 2 heterocycles. The van der Waals surface area contributed by atoms with Crippen molar-refractivity contribution in [2.75, 3.05) is 6.54 Å². The summed E-state index contributed by atoms with van der Waals surface area (Å²) in [5.41, 5.74) is 3.50. The molecule has 1 aromatic heterocycles. The Balaban J connectivity index is 1.95. The van der Waals surface area contributed by atoms with E-state index in [1.807, 2.05) is 11.5 Å². The summed E-state index contributed by atoms with van der Waals surface area (Å²) in [6, 6.07) is 8.62. The van der Waals surface area contributed by atoms with Crippen LogP contribution in [0.15, 0.2) is 29.1 Å². The van der Waals surface area contributed by atoms with Crippen molar-refractivity contribution >= 4 is 10.9 Å². The van der Waals surface area contributed by atoms with E-state index in [1.165, 1.54) is 30.2 Å². The highest BCUT2D eigenvalue weighted by atomic mass is 16.1. The predicted octanol–water partition coefficient (Wildman–Crippen LogP) is 3.15. The summed E-state index contributed by atoms with van der Waals surface area (Å²) >= 11 is 0. The summed E-state index contributed by atoms with van der Waals surface area (Å²) in [6.45, 7) is 6.04. The maximum atomic E-state index is 12.4. The number of aryl methyl sites for hydroxylation is 3. The molecule has 3 heteroatoms. The highest BCUT2D eigenvalue weighted by Crippen LogP contribution is 2.21. The van der Waals surface area contributed by atoms with Crippen molar-refractivity contribution in [2.45, 2.75) is 52.1 Å². The Labute approximate surface area is 126 Å². The molecule has 21 heavy (non-hydrogen) atoms. The molecule has 1 saturated heterocycles. The minimum absolute atomic E-state index is 0.130. The summed E-state index contributed by atoms with van der Waals surface area (Å²) in [5, 5.41) is 4.77. The number of hydrogen-bond donors (Lipinski definition) is 1. The van der Waals surface area contributed by atoms with Crippen molar-refractivity contribution in [3.05, 3.63) is 45.7 Å². The summed E-state index contributed by atoms with van der Waals surface area (Å²) in [4.78, 5) is 12.4. The molecular formula is C18H24N2O. The minimum atomic E-state index is 0.130. The molecule has 0 radical (unpaired) electrons. The first-order valence-electron chi connectivity index (χ1n) is 8.00. The lowest BCUT2D eigenvalue weighted by atomic mass is 10.0. The lowest BCUT2D eigenvalue weighted by Gasteiger charge is -2.24. The molecule has 0 spiro atoms. The Morgan fingerprint density at radius 1 is 1.24 bits per heavy atom. The SMILES string of the molecule is Cc1cc(=O)n(CCC2CCCCN2)c2c(C)cccc12. The molecule has 1 atom stereocenters. The van der Waals surface area contributed by atoms with Gasteiger partial charge in [0.15, 0.2) is 0 Å². The summed E-state index contributed by atoms with van der Waals surface area (Å²) in [7, 11) is 0. The average Bonchev–Trinajstić information content (AvgIpc) is 2.49. The third kappa shape index (κ3) is 2.88. The first kappa shape index (κ1) is 14.3. The third-order valence-corrected chi connectivity index (χ3v) is 4.65. The van der Waals surface area contributed by atoms with E-state index in [2.05, 4.69) is 30.4 Å². The molecule has 1 aliphatic heterocycles. The molecule has 1 fully saturated rings. The maximum Gasteiger partial charge on any atom is 0.251 e. The molecule has 3 rings (SSSR count). The van der Waals surface area contributed by atoms with Crippen LogP contribution in [0.3, 0.4) is 0 Å². The van der Waals surface area contributed by atoms with Crippen LogP contribution in [0.5, 0.6) is 0 Å². The van der Waals surface area contributed by atoms with Crippen LogP contribution in [0.2, 0.25) is 0 Å². The first-order valence-corrected chi connectivity index (χ1v) is 8.00. The van der Waals surface area contributed by atoms with Gasteiger partial charge in [-0.25, -0.2) is 0 Å². The van der Waals surface area contributed by atoms with Crippen molar-refractivity contribution in [2.24, 2.45) is 0 Å².